The highest BCUT2D eigenvalue weighted by molar-refractivity contribution is 7.22. The SMILES string of the molecule is CCOc1ccc2nc(NC(=O)c3c(Cl)c(C)nn3CC)sc2c1. The maximum atomic E-state index is 12.6. The number of rotatable bonds is 5. The van der Waals surface area contributed by atoms with Crippen LogP contribution in [0.15, 0.2) is 18.2 Å². The molecule has 0 bridgehead atoms. The molecule has 0 unspecified atom stereocenters. The van der Waals surface area contributed by atoms with Crippen LogP contribution in [0.5, 0.6) is 5.75 Å². The molecular weight excluding hydrogens is 348 g/mol. The number of nitrogens with zero attached hydrogens (tertiary/aromatic N) is 3. The molecule has 0 aliphatic heterocycles. The number of ether oxygens (including phenoxy) is 1. The van der Waals surface area contributed by atoms with Gasteiger partial charge in [-0.2, -0.15) is 5.10 Å². The van der Waals surface area contributed by atoms with Crippen molar-refractivity contribution >= 4 is 44.2 Å². The molecule has 1 amide bonds. The molecule has 24 heavy (non-hydrogen) atoms. The molecule has 0 spiro atoms. The average Bonchev–Trinajstić information content (AvgIpc) is 3.07. The minimum absolute atomic E-state index is 0.313. The average molecular weight is 365 g/mol. The Morgan fingerprint density at radius 3 is 2.92 bits per heavy atom. The topological polar surface area (TPSA) is 69.0 Å². The number of halogens is 1. The van der Waals surface area contributed by atoms with E-state index in [4.69, 9.17) is 16.3 Å². The van der Waals surface area contributed by atoms with E-state index in [0.29, 0.717) is 34.7 Å². The van der Waals surface area contributed by atoms with Gasteiger partial charge in [-0.25, -0.2) is 4.98 Å². The number of thiazole rings is 1. The van der Waals surface area contributed by atoms with Crippen molar-refractivity contribution in [2.45, 2.75) is 27.3 Å². The number of amides is 1. The number of anilines is 1. The standard InChI is InChI=1S/C16H17ClN4O2S/c1-4-21-14(13(17)9(3)20-21)15(22)19-16-18-11-7-6-10(23-5-2)8-12(11)24-16/h6-8H,4-5H2,1-3H3,(H,18,19,22). The van der Waals surface area contributed by atoms with Crippen LogP contribution < -0.4 is 10.1 Å². The van der Waals surface area contributed by atoms with Gasteiger partial charge in [0.25, 0.3) is 5.91 Å². The third kappa shape index (κ3) is 3.09. The van der Waals surface area contributed by atoms with Gasteiger partial charge in [0, 0.05) is 6.54 Å². The van der Waals surface area contributed by atoms with Gasteiger partial charge in [0.15, 0.2) is 5.13 Å². The first-order valence-electron chi connectivity index (χ1n) is 7.61. The minimum atomic E-state index is -0.313. The second-order valence-corrected chi connectivity index (χ2v) is 6.51. The molecule has 2 aromatic heterocycles. The number of fused-ring (bicyclic) bond motifs is 1. The molecule has 6 nitrogen and oxygen atoms in total. The second kappa shape index (κ2) is 6.78. The summed E-state index contributed by atoms with van der Waals surface area (Å²) >= 11 is 7.60. The first-order chi connectivity index (χ1) is 11.5. The van der Waals surface area contributed by atoms with E-state index in [1.54, 1.807) is 11.6 Å². The summed E-state index contributed by atoms with van der Waals surface area (Å²) in [7, 11) is 0. The molecule has 0 saturated carbocycles. The smallest absolute Gasteiger partial charge is 0.277 e. The highest BCUT2D eigenvalue weighted by Crippen LogP contribution is 2.30. The third-order valence-electron chi connectivity index (χ3n) is 3.46. The van der Waals surface area contributed by atoms with E-state index in [1.807, 2.05) is 32.0 Å². The fraction of sp³-hybridized carbons (Fsp3) is 0.312. The van der Waals surface area contributed by atoms with E-state index in [-0.39, 0.29) is 5.91 Å². The lowest BCUT2D eigenvalue weighted by Gasteiger charge is -2.04. The van der Waals surface area contributed by atoms with E-state index < -0.39 is 0 Å². The van der Waals surface area contributed by atoms with Crippen LogP contribution in [0.4, 0.5) is 5.13 Å². The number of hydrogen-bond acceptors (Lipinski definition) is 5. The van der Waals surface area contributed by atoms with E-state index in [2.05, 4.69) is 15.4 Å². The molecule has 0 aliphatic carbocycles. The molecule has 0 aliphatic rings. The van der Waals surface area contributed by atoms with Gasteiger partial charge in [-0.05, 0) is 39.0 Å². The molecule has 1 aromatic carbocycles. The molecule has 3 aromatic rings. The summed E-state index contributed by atoms with van der Waals surface area (Å²) < 4.78 is 8.02. The van der Waals surface area contributed by atoms with Crippen LogP contribution in [0.2, 0.25) is 5.02 Å². The molecule has 0 radical (unpaired) electrons. The summed E-state index contributed by atoms with van der Waals surface area (Å²) in [5, 5.41) is 7.95. The highest BCUT2D eigenvalue weighted by Gasteiger charge is 2.21. The zero-order valence-corrected chi connectivity index (χ0v) is 15.2. The Morgan fingerprint density at radius 1 is 1.42 bits per heavy atom. The van der Waals surface area contributed by atoms with Crippen LogP contribution >= 0.6 is 22.9 Å². The van der Waals surface area contributed by atoms with Crippen LogP contribution in [-0.2, 0) is 6.54 Å². The van der Waals surface area contributed by atoms with Gasteiger partial charge in [0.2, 0.25) is 0 Å². The van der Waals surface area contributed by atoms with Gasteiger partial charge in [0.05, 0.1) is 27.5 Å². The summed E-state index contributed by atoms with van der Waals surface area (Å²) in [6, 6.07) is 5.66. The fourth-order valence-electron chi connectivity index (χ4n) is 2.38. The minimum Gasteiger partial charge on any atom is -0.494 e. The number of hydrogen-bond donors (Lipinski definition) is 1. The van der Waals surface area contributed by atoms with Gasteiger partial charge in [-0.1, -0.05) is 22.9 Å². The van der Waals surface area contributed by atoms with Crippen molar-refractivity contribution in [3.63, 3.8) is 0 Å². The van der Waals surface area contributed by atoms with Crippen molar-refractivity contribution in [1.29, 1.82) is 0 Å². The molecule has 0 atom stereocenters. The lowest BCUT2D eigenvalue weighted by atomic mass is 10.3. The first kappa shape index (κ1) is 16.7. The van der Waals surface area contributed by atoms with Crippen LogP contribution in [0.25, 0.3) is 10.2 Å². The molecule has 0 fully saturated rings. The number of nitrogens with one attached hydrogen (secondary N) is 1. The van der Waals surface area contributed by atoms with E-state index in [1.165, 1.54) is 11.3 Å². The lowest BCUT2D eigenvalue weighted by molar-refractivity contribution is 0.101. The predicted molar refractivity (Wildman–Crippen MR) is 96.4 cm³/mol. The number of aryl methyl sites for hydroxylation is 2. The first-order valence-corrected chi connectivity index (χ1v) is 8.80. The van der Waals surface area contributed by atoms with Gasteiger partial charge in [-0.15, -0.1) is 0 Å². The number of benzene rings is 1. The third-order valence-corrected chi connectivity index (χ3v) is 4.85. The van der Waals surface area contributed by atoms with Crippen LogP contribution in [0, 0.1) is 6.92 Å². The van der Waals surface area contributed by atoms with Crippen LogP contribution in [0.1, 0.15) is 30.0 Å². The Labute approximate surface area is 148 Å². The Morgan fingerprint density at radius 2 is 2.21 bits per heavy atom. The Kier molecular flexibility index (Phi) is 4.73. The van der Waals surface area contributed by atoms with Crippen molar-refractivity contribution in [3.05, 3.63) is 34.6 Å². The van der Waals surface area contributed by atoms with Gasteiger partial charge in [0.1, 0.15) is 11.4 Å². The Balaban J connectivity index is 1.88. The molecule has 8 heteroatoms. The second-order valence-electron chi connectivity index (χ2n) is 5.10. The normalized spacial score (nSPS) is 11.0. The molecule has 2 heterocycles. The summed E-state index contributed by atoms with van der Waals surface area (Å²) in [5.74, 6) is 0.473. The van der Waals surface area contributed by atoms with Crippen molar-refractivity contribution in [1.82, 2.24) is 14.8 Å². The molecule has 3 rings (SSSR count). The summed E-state index contributed by atoms with van der Waals surface area (Å²) in [6.07, 6.45) is 0. The fourth-order valence-corrected chi connectivity index (χ4v) is 3.49. The molecule has 1 N–H and O–H groups in total. The predicted octanol–water partition coefficient (Wildman–Crippen LogP) is 4.13. The molecule has 126 valence electrons. The maximum Gasteiger partial charge on any atom is 0.277 e. The largest absolute Gasteiger partial charge is 0.494 e. The maximum absolute atomic E-state index is 12.6. The zero-order valence-electron chi connectivity index (χ0n) is 13.6. The van der Waals surface area contributed by atoms with Crippen molar-refractivity contribution in [2.75, 3.05) is 11.9 Å². The number of carbonyl (C=O) groups is 1. The van der Waals surface area contributed by atoms with Crippen LogP contribution in [0.3, 0.4) is 0 Å². The Bertz CT molecular complexity index is 903. The van der Waals surface area contributed by atoms with Crippen molar-refractivity contribution < 1.29 is 9.53 Å². The lowest BCUT2D eigenvalue weighted by Crippen LogP contribution is -2.17. The Hall–Kier alpha value is -2.12. The van der Waals surface area contributed by atoms with Gasteiger partial charge < -0.3 is 4.74 Å². The zero-order chi connectivity index (χ0) is 17.3. The summed E-state index contributed by atoms with van der Waals surface area (Å²) in [5.41, 5.74) is 1.80. The quantitative estimate of drug-likeness (QED) is 0.739. The van der Waals surface area contributed by atoms with Gasteiger partial charge in [-0.3, -0.25) is 14.8 Å². The van der Waals surface area contributed by atoms with Crippen molar-refractivity contribution in [3.8, 4) is 5.75 Å². The molecule has 0 saturated heterocycles. The number of carbonyl (C=O) groups excluding carboxylic acids is 1. The van der Waals surface area contributed by atoms with Crippen LogP contribution in [-0.4, -0.2) is 27.3 Å². The summed E-state index contributed by atoms with van der Waals surface area (Å²) in [6.45, 7) is 6.79. The monoisotopic (exact) mass is 364 g/mol. The van der Waals surface area contributed by atoms with Gasteiger partial charge >= 0.3 is 0 Å². The van der Waals surface area contributed by atoms with E-state index >= 15 is 0 Å². The summed E-state index contributed by atoms with van der Waals surface area (Å²) in [4.78, 5) is 17.0. The molecular formula is C16H17ClN4O2S. The number of aromatic nitrogens is 3. The highest BCUT2D eigenvalue weighted by atomic mass is 35.5. The van der Waals surface area contributed by atoms with Crippen molar-refractivity contribution in [2.24, 2.45) is 0 Å². The van der Waals surface area contributed by atoms with E-state index in [0.717, 1.165) is 16.0 Å². The van der Waals surface area contributed by atoms with E-state index in [9.17, 15) is 4.79 Å².